The van der Waals surface area contributed by atoms with Gasteiger partial charge >= 0.3 is 0 Å². The molecule has 41 heavy (non-hydrogen) atoms. The van der Waals surface area contributed by atoms with E-state index in [1.807, 2.05) is 37.3 Å². The Bertz CT molecular complexity index is 1290. The third kappa shape index (κ3) is 11.7. The molecule has 2 aliphatic rings. The average Bonchev–Trinajstić information content (AvgIpc) is 2.85. The average molecular weight is 551 g/mol. The Hall–Kier alpha value is -3.16. The van der Waals surface area contributed by atoms with Crippen molar-refractivity contribution >= 4 is 0 Å². The van der Waals surface area contributed by atoms with Crippen molar-refractivity contribution in [3.63, 3.8) is 0 Å². The molecule has 0 radical (unpaired) electrons. The van der Waals surface area contributed by atoms with Gasteiger partial charge in [0.15, 0.2) is 0 Å². The number of hydrogen-bond acceptors (Lipinski definition) is 1. The van der Waals surface area contributed by atoms with Gasteiger partial charge in [-0.2, -0.15) is 0 Å². The summed E-state index contributed by atoms with van der Waals surface area (Å²) in [6, 6.07) is 0. The molecule has 1 N–H and O–H groups in total. The highest BCUT2D eigenvalue weighted by Crippen LogP contribution is 2.40. The van der Waals surface area contributed by atoms with E-state index in [9.17, 15) is 5.11 Å². The fourth-order valence-corrected chi connectivity index (χ4v) is 5.26. The van der Waals surface area contributed by atoms with Gasteiger partial charge in [-0.3, -0.25) is 0 Å². The second-order valence-corrected chi connectivity index (χ2v) is 13.2. The van der Waals surface area contributed by atoms with Crippen LogP contribution in [-0.2, 0) is 0 Å². The molecule has 2 rings (SSSR count). The minimum absolute atomic E-state index is 0.0881. The summed E-state index contributed by atoms with van der Waals surface area (Å²) < 4.78 is 0. The van der Waals surface area contributed by atoms with Gasteiger partial charge in [0.05, 0.1) is 5.60 Å². The molecule has 0 bridgehead atoms. The largest absolute Gasteiger partial charge is 0.382 e. The normalized spacial score (nSPS) is 23.2. The lowest BCUT2D eigenvalue weighted by Crippen LogP contribution is -2.20. The molecule has 0 fully saturated rings. The summed E-state index contributed by atoms with van der Waals surface area (Å²) in [6.45, 7) is 21.7. The quantitative estimate of drug-likeness (QED) is 0.268. The van der Waals surface area contributed by atoms with Crippen molar-refractivity contribution in [3.8, 4) is 0 Å². The highest BCUT2D eigenvalue weighted by Gasteiger charge is 2.26. The summed E-state index contributed by atoms with van der Waals surface area (Å²) in [4.78, 5) is 0. The molecule has 0 aliphatic heterocycles. The lowest BCUT2D eigenvalue weighted by molar-refractivity contribution is 0.164. The first-order chi connectivity index (χ1) is 19.1. The van der Waals surface area contributed by atoms with E-state index in [4.69, 9.17) is 0 Å². The predicted molar refractivity (Wildman–Crippen MR) is 183 cm³/mol. The van der Waals surface area contributed by atoms with Gasteiger partial charge in [-0.25, -0.2) is 0 Å². The van der Waals surface area contributed by atoms with E-state index in [1.54, 1.807) is 0 Å². The smallest absolute Gasteiger partial charge is 0.0986 e. The molecule has 0 spiro atoms. The zero-order chi connectivity index (χ0) is 30.7. The number of aliphatic hydroxyl groups is 1. The van der Waals surface area contributed by atoms with Crippen LogP contribution in [0, 0.1) is 10.8 Å². The maximum absolute atomic E-state index is 10.8. The standard InChI is InChI=1S/C40H54O/c1-31(19-13-20-33(3)24-25-36-34(4)22-15-27-38(36,6)7)17-11-12-18-32(2)21-14-29-40(10,41)30-26-37-35(5)23-16-28-39(37,8)9/h11-14,16-26,29-30,41H,15,27-28H2,1-10H3/b17-11+,18-12+,20-13+,29-14+,30-26+,31-19+,32-21+,33-24+,36-25-. The minimum atomic E-state index is -1.01. The molecule has 0 aromatic heterocycles. The van der Waals surface area contributed by atoms with Gasteiger partial charge in [0.25, 0.3) is 0 Å². The van der Waals surface area contributed by atoms with Crippen LogP contribution < -0.4 is 0 Å². The molecule has 0 saturated heterocycles. The van der Waals surface area contributed by atoms with E-state index in [2.05, 4.69) is 135 Å². The highest BCUT2D eigenvalue weighted by atomic mass is 16.3. The Morgan fingerprint density at radius 2 is 1.39 bits per heavy atom. The van der Waals surface area contributed by atoms with Gasteiger partial charge in [-0.15, -0.1) is 0 Å². The van der Waals surface area contributed by atoms with Crippen LogP contribution in [0.25, 0.3) is 0 Å². The monoisotopic (exact) mass is 550 g/mol. The van der Waals surface area contributed by atoms with Crippen molar-refractivity contribution in [1.82, 2.24) is 0 Å². The summed E-state index contributed by atoms with van der Waals surface area (Å²) in [5.74, 6) is 0. The molecule has 220 valence electrons. The van der Waals surface area contributed by atoms with Gasteiger partial charge < -0.3 is 5.11 Å². The van der Waals surface area contributed by atoms with E-state index in [0.717, 1.165) is 12.0 Å². The molecule has 0 aromatic rings. The molecular weight excluding hydrogens is 496 g/mol. The SMILES string of the molecule is CC1=CCCC(C)(C)\C1=C/C=C(C)/C=C/C=C(C)/C=C/C=C/C(C)=C/C=C/C(C)(O)/C=C/C1=C(C)C=CCC1(C)C. The van der Waals surface area contributed by atoms with Crippen LogP contribution in [-0.4, -0.2) is 10.7 Å². The fraction of sp³-hybridized carbons (Fsp3) is 0.400. The zero-order valence-electron chi connectivity index (χ0n) is 27.4. The molecule has 1 atom stereocenters. The van der Waals surface area contributed by atoms with E-state index >= 15 is 0 Å². The van der Waals surface area contributed by atoms with Gasteiger partial charge in [0.2, 0.25) is 0 Å². The first-order valence-electron chi connectivity index (χ1n) is 15.0. The fourth-order valence-electron chi connectivity index (χ4n) is 5.26. The predicted octanol–water partition coefficient (Wildman–Crippen LogP) is 11.4. The zero-order valence-corrected chi connectivity index (χ0v) is 27.4. The molecule has 0 aromatic carbocycles. The highest BCUT2D eigenvalue weighted by molar-refractivity contribution is 5.42. The summed E-state index contributed by atoms with van der Waals surface area (Å²) in [6.07, 6.45) is 39.1. The summed E-state index contributed by atoms with van der Waals surface area (Å²) in [7, 11) is 0. The lowest BCUT2D eigenvalue weighted by Gasteiger charge is -2.32. The van der Waals surface area contributed by atoms with Crippen LogP contribution in [0.15, 0.2) is 142 Å². The molecule has 0 saturated carbocycles. The van der Waals surface area contributed by atoms with Gasteiger partial charge in [-0.1, -0.05) is 141 Å². The molecule has 0 heterocycles. The van der Waals surface area contributed by atoms with Crippen molar-refractivity contribution in [3.05, 3.63) is 142 Å². The number of hydrogen-bond donors (Lipinski definition) is 1. The molecular formula is C40H54O. The maximum Gasteiger partial charge on any atom is 0.0986 e. The summed E-state index contributed by atoms with van der Waals surface area (Å²) >= 11 is 0. The van der Waals surface area contributed by atoms with Crippen LogP contribution >= 0.6 is 0 Å². The Kier molecular flexibility index (Phi) is 12.6. The van der Waals surface area contributed by atoms with Crippen molar-refractivity contribution < 1.29 is 5.11 Å². The Balaban J connectivity index is 1.92. The second kappa shape index (κ2) is 15.2. The van der Waals surface area contributed by atoms with Crippen LogP contribution in [0.4, 0.5) is 0 Å². The van der Waals surface area contributed by atoms with Crippen LogP contribution in [0.2, 0.25) is 0 Å². The lowest BCUT2D eigenvalue weighted by atomic mass is 9.73. The third-order valence-corrected chi connectivity index (χ3v) is 7.96. The molecule has 2 aliphatic carbocycles. The van der Waals surface area contributed by atoms with E-state index in [0.29, 0.717) is 0 Å². The Morgan fingerprint density at radius 3 is 2.00 bits per heavy atom. The first kappa shape index (κ1) is 34.0. The van der Waals surface area contributed by atoms with Crippen molar-refractivity contribution in [2.45, 2.75) is 94.1 Å². The van der Waals surface area contributed by atoms with Gasteiger partial charge in [0, 0.05) is 0 Å². The number of allylic oxidation sites excluding steroid dienone is 22. The van der Waals surface area contributed by atoms with E-state index in [-0.39, 0.29) is 10.8 Å². The van der Waals surface area contributed by atoms with Crippen LogP contribution in [0.1, 0.15) is 88.5 Å². The minimum Gasteiger partial charge on any atom is -0.382 e. The molecule has 1 heteroatoms. The second-order valence-electron chi connectivity index (χ2n) is 13.2. The van der Waals surface area contributed by atoms with E-state index in [1.165, 1.54) is 46.3 Å². The summed E-state index contributed by atoms with van der Waals surface area (Å²) in [5, 5.41) is 10.8. The molecule has 1 unspecified atom stereocenters. The van der Waals surface area contributed by atoms with Crippen LogP contribution in [0.3, 0.4) is 0 Å². The molecule has 0 amide bonds. The summed E-state index contributed by atoms with van der Waals surface area (Å²) in [5.41, 5.74) is 8.28. The topological polar surface area (TPSA) is 20.2 Å². The van der Waals surface area contributed by atoms with Crippen molar-refractivity contribution in [2.24, 2.45) is 10.8 Å². The Labute approximate surface area is 251 Å². The molecule has 1 nitrogen and oxygen atoms in total. The number of rotatable bonds is 10. The van der Waals surface area contributed by atoms with Gasteiger partial charge in [0.1, 0.15) is 0 Å². The first-order valence-corrected chi connectivity index (χ1v) is 15.0. The third-order valence-electron chi connectivity index (χ3n) is 7.96. The van der Waals surface area contributed by atoms with Gasteiger partial charge in [-0.05, 0) is 101 Å². The Morgan fingerprint density at radius 1 is 0.805 bits per heavy atom. The van der Waals surface area contributed by atoms with Crippen LogP contribution in [0.5, 0.6) is 0 Å². The maximum atomic E-state index is 10.8. The van der Waals surface area contributed by atoms with Crippen molar-refractivity contribution in [2.75, 3.05) is 0 Å². The van der Waals surface area contributed by atoms with Crippen molar-refractivity contribution in [1.29, 1.82) is 0 Å². The van der Waals surface area contributed by atoms with E-state index < -0.39 is 5.60 Å².